The minimum atomic E-state index is -3.48. The van der Waals surface area contributed by atoms with Gasteiger partial charge in [-0.2, -0.15) is 4.31 Å². The van der Waals surface area contributed by atoms with E-state index in [-0.39, 0.29) is 0 Å². The number of hydrogen-bond donors (Lipinski definition) is 0. The van der Waals surface area contributed by atoms with Gasteiger partial charge in [0, 0.05) is 30.7 Å². The van der Waals surface area contributed by atoms with E-state index >= 15 is 0 Å². The maximum Gasteiger partial charge on any atom is 0.243 e. The van der Waals surface area contributed by atoms with Crippen LogP contribution in [0.4, 0.5) is 5.82 Å². The first-order valence-electron chi connectivity index (χ1n) is 8.69. The number of nitrogens with zero attached hydrogens (tertiary/aromatic N) is 4. The monoisotopic (exact) mass is 446 g/mol. The molecule has 0 spiro atoms. The van der Waals surface area contributed by atoms with E-state index in [1.165, 1.54) is 4.31 Å². The molecule has 0 atom stereocenters. The Kier molecular flexibility index (Phi) is 4.88. The molecule has 3 aromatic rings. The van der Waals surface area contributed by atoms with Gasteiger partial charge < -0.3 is 4.90 Å². The van der Waals surface area contributed by atoms with Gasteiger partial charge in [0.15, 0.2) is 5.82 Å². The van der Waals surface area contributed by atoms with E-state index in [0.29, 0.717) is 31.1 Å². The lowest BCUT2D eigenvalue weighted by molar-refractivity contribution is 0.383. The molecule has 0 amide bonds. The summed E-state index contributed by atoms with van der Waals surface area (Å²) >= 11 is 3.34. The van der Waals surface area contributed by atoms with Crippen molar-refractivity contribution < 1.29 is 8.42 Å². The van der Waals surface area contributed by atoms with E-state index in [4.69, 9.17) is 4.98 Å². The van der Waals surface area contributed by atoms with Gasteiger partial charge in [-0.3, -0.25) is 0 Å². The summed E-state index contributed by atoms with van der Waals surface area (Å²) < 4.78 is 28.1. The van der Waals surface area contributed by atoms with Gasteiger partial charge in [0.1, 0.15) is 0 Å². The quantitative estimate of drug-likeness (QED) is 0.617. The molecule has 1 aromatic heterocycles. The highest BCUT2D eigenvalue weighted by Gasteiger charge is 2.29. The Morgan fingerprint density at radius 2 is 1.48 bits per heavy atom. The first-order chi connectivity index (χ1) is 12.9. The van der Waals surface area contributed by atoms with Crippen molar-refractivity contribution >= 4 is 42.8 Å². The van der Waals surface area contributed by atoms with Crippen molar-refractivity contribution in [2.75, 3.05) is 31.1 Å². The zero-order valence-corrected chi connectivity index (χ0v) is 17.2. The van der Waals surface area contributed by atoms with Crippen molar-refractivity contribution in [3.63, 3.8) is 0 Å². The third-order valence-electron chi connectivity index (χ3n) is 4.71. The zero-order chi connectivity index (χ0) is 19.0. The van der Waals surface area contributed by atoms with Gasteiger partial charge in [-0.15, -0.1) is 0 Å². The number of halogens is 1. The number of benzene rings is 2. The minimum absolute atomic E-state index is 0.320. The average Bonchev–Trinajstić information content (AvgIpc) is 2.68. The number of sulfonamides is 1. The van der Waals surface area contributed by atoms with Crippen LogP contribution in [0.5, 0.6) is 0 Å². The summed E-state index contributed by atoms with van der Waals surface area (Å²) in [5.74, 6) is 0.828. The summed E-state index contributed by atoms with van der Waals surface area (Å²) in [4.78, 5) is 11.8. The molecule has 1 aliphatic rings. The number of aryl methyl sites for hydroxylation is 1. The molecule has 1 aliphatic heterocycles. The maximum atomic E-state index is 12.8. The molecule has 0 unspecified atom stereocenters. The van der Waals surface area contributed by atoms with Gasteiger partial charge in [0.2, 0.25) is 10.0 Å². The molecule has 8 heteroatoms. The Bertz CT molecular complexity index is 1080. The molecule has 1 fully saturated rings. The van der Waals surface area contributed by atoms with Gasteiger partial charge in [0.05, 0.1) is 21.6 Å². The van der Waals surface area contributed by atoms with E-state index in [9.17, 15) is 8.42 Å². The first-order valence-corrected chi connectivity index (χ1v) is 10.9. The second-order valence-electron chi connectivity index (χ2n) is 6.47. The van der Waals surface area contributed by atoms with Crippen LogP contribution in [-0.4, -0.2) is 48.9 Å². The van der Waals surface area contributed by atoms with Crippen molar-refractivity contribution in [3.05, 3.63) is 58.7 Å². The van der Waals surface area contributed by atoms with Crippen LogP contribution in [0.2, 0.25) is 0 Å². The molecular formula is C19H19BrN4O2S. The third-order valence-corrected chi connectivity index (χ3v) is 7.15. The molecule has 6 nitrogen and oxygen atoms in total. The molecule has 0 aliphatic carbocycles. The number of anilines is 1. The summed E-state index contributed by atoms with van der Waals surface area (Å²) in [5.41, 5.74) is 2.58. The Morgan fingerprint density at radius 1 is 0.889 bits per heavy atom. The van der Waals surface area contributed by atoms with Crippen molar-refractivity contribution in [3.8, 4) is 0 Å². The molecule has 0 bridgehead atoms. The van der Waals surface area contributed by atoms with Crippen LogP contribution < -0.4 is 4.90 Å². The predicted octanol–water partition coefficient (Wildman–Crippen LogP) is 3.21. The van der Waals surface area contributed by atoms with Crippen LogP contribution in [0, 0.1) is 6.92 Å². The number of piperazine rings is 1. The SMILES string of the molecule is Cc1nc2ccccc2nc1N1CCN(S(=O)(=O)c2ccc(Br)cc2)CC1. The third kappa shape index (κ3) is 3.56. The van der Waals surface area contributed by atoms with E-state index in [1.54, 1.807) is 24.3 Å². The van der Waals surface area contributed by atoms with Crippen molar-refractivity contribution in [2.24, 2.45) is 0 Å². The fourth-order valence-electron chi connectivity index (χ4n) is 3.27. The minimum Gasteiger partial charge on any atom is -0.352 e. The standard InChI is InChI=1S/C19H19BrN4O2S/c1-14-19(22-18-5-3-2-4-17(18)21-14)23-10-12-24(13-11-23)27(25,26)16-8-6-15(20)7-9-16/h2-9H,10-13H2,1H3. The van der Waals surface area contributed by atoms with Crippen LogP contribution in [0.15, 0.2) is 57.9 Å². The van der Waals surface area contributed by atoms with Crippen LogP contribution in [-0.2, 0) is 10.0 Å². The normalized spacial score (nSPS) is 16.0. The first kappa shape index (κ1) is 18.3. The van der Waals surface area contributed by atoms with Crippen LogP contribution >= 0.6 is 15.9 Å². The lowest BCUT2D eigenvalue weighted by Gasteiger charge is -2.35. The largest absolute Gasteiger partial charge is 0.352 e. The fourth-order valence-corrected chi connectivity index (χ4v) is 4.96. The second-order valence-corrected chi connectivity index (χ2v) is 9.32. The van der Waals surface area contributed by atoms with E-state index in [2.05, 4.69) is 25.8 Å². The molecule has 2 aromatic carbocycles. The Morgan fingerprint density at radius 3 is 2.11 bits per heavy atom. The van der Waals surface area contributed by atoms with Gasteiger partial charge in [0.25, 0.3) is 0 Å². The molecule has 140 valence electrons. The van der Waals surface area contributed by atoms with Crippen LogP contribution in [0.25, 0.3) is 11.0 Å². The highest BCUT2D eigenvalue weighted by atomic mass is 79.9. The lowest BCUT2D eigenvalue weighted by atomic mass is 10.2. The average molecular weight is 447 g/mol. The number of aromatic nitrogens is 2. The van der Waals surface area contributed by atoms with Crippen LogP contribution in [0.3, 0.4) is 0 Å². The molecule has 1 saturated heterocycles. The molecule has 2 heterocycles. The smallest absolute Gasteiger partial charge is 0.243 e. The number of rotatable bonds is 3. The number of hydrogen-bond acceptors (Lipinski definition) is 5. The Balaban J connectivity index is 1.54. The van der Waals surface area contributed by atoms with Gasteiger partial charge in [-0.05, 0) is 43.3 Å². The van der Waals surface area contributed by atoms with Crippen molar-refractivity contribution in [2.45, 2.75) is 11.8 Å². The number of fused-ring (bicyclic) bond motifs is 1. The van der Waals surface area contributed by atoms with Crippen LogP contribution in [0.1, 0.15) is 5.69 Å². The maximum absolute atomic E-state index is 12.8. The predicted molar refractivity (Wildman–Crippen MR) is 109 cm³/mol. The van der Waals surface area contributed by atoms with Gasteiger partial charge in [-0.1, -0.05) is 28.1 Å². The highest BCUT2D eigenvalue weighted by Crippen LogP contribution is 2.24. The lowest BCUT2D eigenvalue weighted by Crippen LogP contribution is -2.49. The molecule has 0 N–H and O–H groups in total. The zero-order valence-electron chi connectivity index (χ0n) is 14.8. The molecule has 4 rings (SSSR count). The van der Waals surface area contributed by atoms with E-state index in [0.717, 1.165) is 27.0 Å². The Labute approximate surface area is 167 Å². The summed E-state index contributed by atoms with van der Waals surface area (Å²) in [6, 6.07) is 14.5. The summed E-state index contributed by atoms with van der Waals surface area (Å²) in [5, 5.41) is 0. The summed E-state index contributed by atoms with van der Waals surface area (Å²) in [7, 11) is -3.48. The van der Waals surface area contributed by atoms with E-state index in [1.807, 2.05) is 31.2 Å². The van der Waals surface area contributed by atoms with Gasteiger partial charge in [-0.25, -0.2) is 18.4 Å². The molecule has 0 radical (unpaired) electrons. The summed E-state index contributed by atoms with van der Waals surface area (Å²) in [6.07, 6.45) is 0. The van der Waals surface area contributed by atoms with Crippen molar-refractivity contribution in [1.82, 2.24) is 14.3 Å². The molecular weight excluding hydrogens is 428 g/mol. The molecule has 27 heavy (non-hydrogen) atoms. The number of para-hydroxylation sites is 2. The second kappa shape index (κ2) is 7.18. The summed E-state index contributed by atoms with van der Waals surface area (Å²) in [6.45, 7) is 3.96. The fraction of sp³-hybridized carbons (Fsp3) is 0.263. The van der Waals surface area contributed by atoms with E-state index < -0.39 is 10.0 Å². The van der Waals surface area contributed by atoms with Gasteiger partial charge >= 0.3 is 0 Å². The highest BCUT2D eigenvalue weighted by molar-refractivity contribution is 9.10. The topological polar surface area (TPSA) is 66.4 Å². The Hall–Kier alpha value is -2.03. The molecule has 0 saturated carbocycles. The van der Waals surface area contributed by atoms with Crippen molar-refractivity contribution in [1.29, 1.82) is 0 Å².